The highest BCUT2D eigenvalue weighted by molar-refractivity contribution is 7.08. The summed E-state index contributed by atoms with van der Waals surface area (Å²) in [5.41, 5.74) is 0.798. The van der Waals surface area contributed by atoms with E-state index in [2.05, 4.69) is 14.9 Å². The van der Waals surface area contributed by atoms with E-state index in [-0.39, 0.29) is 11.8 Å². The first kappa shape index (κ1) is 13.1. The molecule has 0 radical (unpaired) electrons. The van der Waals surface area contributed by atoms with Crippen molar-refractivity contribution in [1.82, 2.24) is 19.8 Å². The molecule has 0 atom stereocenters. The van der Waals surface area contributed by atoms with Gasteiger partial charge >= 0.3 is 0 Å². The van der Waals surface area contributed by atoms with Gasteiger partial charge in [0, 0.05) is 20.1 Å². The second-order valence-corrected chi connectivity index (χ2v) is 4.73. The number of likely N-dealkylation sites (N-methyl/N-ethyl adjacent to an activating group) is 2. The van der Waals surface area contributed by atoms with Crippen molar-refractivity contribution in [1.29, 1.82) is 0 Å². The minimum absolute atomic E-state index is 0.00829. The predicted molar refractivity (Wildman–Crippen MR) is 64.9 cm³/mol. The third-order valence-corrected chi connectivity index (χ3v) is 3.03. The van der Waals surface area contributed by atoms with Crippen molar-refractivity contribution in [2.75, 3.05) is 27.2 Å². The molecule has 0 bridgehead atoms. The molecule has 0 unspecified atom stereocenters. The highest BCUT2D eigenvalue weighted by Gasteiger charge is 2.21. The summed E-state index contributed by atoms with van der Waals surface area (Å²) in [4.78, 5) is 14.4. The Morgan fingerprint density at radius 1 is 1.56 bits per heavy atom. The lowest BCUT2D eigenvalue weighted by Crippen LogP contribution is -2.32. The lowest BCUT2D eigenvalue weighted by atomic mass is 10.1. The van der Waals surface area contributed by atoms with Gasteiger partial charge in [0.1, 0.15) is 4.88 Å². The first-order valence-corrected chi connectivity index (χ1v) is 6.07. The van der Waals surface area contributed by atoms with Gasteiger partial charge in [-0.25, -0.2) is 0 Å². The van der Waals surface area contributed by atoms with E-state index in [1.54, 1.807) is 11.9 Å². The molecule has 90 valence electrons. The van der Waals surface area contributed by atoms with Gasteiger partial charge in [0.15, 0.2) is 0 Å². The van der Waals surface area contributed by atoms with Crippen molar-refractivity contribution in [3.05, 3.63) is 10.6 Å². The number of aromatic nitrogens is 2. The van der Waals surface area contributed by atoms with Crippen LogP contribution in [0.4, 0.5) is 0 Å². The fourth-order valence-corrected chi connectivity index (χ4v) is 2.09. The summed E-state index contributed by atoms with van der Waals surface area (Å²) < 4.78 is 3.86. The van der Waals surface area contributed by atoms with Crippen LogP contribution in [0.25, 0.3) is 0 Å². The molecule has 0 saturated carbocycles. The highest BCUT2D eigenvalue weighted by atomic mass is 32.1. The molecule has 0 spiro atoms. The molecular formula is C10H18N4OS. The SMILES string of the molecule is CNCCN(C)C(=O)c1snnc1C(C)C. The molecule has 5 nitrogen and oxygen atoms in total. The number of nitrogens with one attached hydrogen (secondary N) is 1. The molecule has 0 aliphatic carbocycles. The summed E-state index contributed by atoms with van der Waals surface area (Å²) >= 11 is 1.18. The maximum atomic E-state index is 12.1. The van der Waals surface area contributed by atoms with Gasteiger partial charge in [-0.1, -0.05) is 18.3 Å². The quantitative estimate of drug-likeness (QED) is 0.835. The fourth-order valence-electron chi connectivity index (χ4n) is 1.28. The Morgan fingerprint density at radius 2 is 2.25 bits per heavy atom. The molecule has 0 aliphatic rings. The zero-order chi connectivity index (χ0) is 12.1. The van der Waals surface area contributed by atoms with Gasteiger partial charge in [0.05, 0.1) is 5.69 Å². The highest BCUT2D eigenvalue weighted by Crippen LogP contribution is 2.20. The smallest absolute Gasteiger partial charge is 0.267 e. The molecule has 0 saturated heterocycles. The van der Waals surface area contributed by atoms with Crippen LogP contribution in [0.5, 0.6) is 0 Å². The summed E-state index contributed by atoms with van der Waals surface area (Å²) in [5.74, 6) is 0.240. The maximum absolute atomic E-state index is 12.1. The Bertz CT molecular complexity index is 350. The number of carbonyl (C=O) groups excluding carboxylic acids is 1. The standard InChI is InChI=1S/C10H18N4OS/c1-7(2)8-9(16-13-12-8)10(15)14(4)6-5-11-3/h7,11H,5-6H2,1-4H3. The van der Waals surface area contributed by atoms with Crippen LogP contribution in [-0.4, -0.2) is 47.6 Å². The molecule has 1 aromatic rings. The van der Waals surface area contributed by atoms with Gasteiger partial charge in [-0.15, -0.1) is 5.10 Å². The number of hydrogen-bond acceptors (Lipinski definition) is 5. The van der Waals surface area contributed by atoms with Gasteiger partial charge < -0.3 is 10.2 Å². The summed E-state index contributed by atoms with van der Waals surface area (Å²) in [6, 6.07) is 0. The summed E-state index contributed by atoms with van der Waals surface area (Å²) in [6.07, 6.45) is 0. The van der Waals surface area contributed by atoms with Crippen molar-refractivity contribution in [3.63, 3.8) is 0 Å². The van der Waals surface area contributed by atoms with Crippen molar-refractivity contribution >= 4 is 17.4 Å². The van der Waals surface area contributed by atoms with E-state index in [0.717, 1.165) is 12.2 Å². The third kappa shape index (κ3) is 2.99. The van der Waals surface area contributed by atoms with Crippen LogP contribution in [0.2, 0.25) is 0 Å². The molecule has 0 fully saturated rings. The summed E-state index contributed by atoms with van der Waals surface area (Å²) in [5, 5.41) is 7.02. The predicted octanol–water partition coefficient (Wildman–Crippen LogP) is 0.953. The van der Waals surface area contributed by atoms with Crippen LogP contribution < -0.4 is 5.32 Å². The number of hydrogen-bond donors (Lipinski definition) is 1. The van der Waals surface area contributed by atoms with Crippen molar-refractivity contribution in [2.24, 2.45) is 0 Å². The molecule has 1 rings (SSSR count). The van der Waals surface area contributed by atoms with Gasteiger partial charge in [0.2, 0.25) is 0 Å². The molecule has 16 heavy (non-hydrogen) atoms. The molecule has 1 aromatic heterocycles. The average Bonchev–Trinajstić information content (AvgIpc) is 2.73. The van der Waals surface area contributed by atoms with Gasteiger partial charge in [-0.2, -0.15) is 0 Å². The average molecular weight is 242 g/mol. The van der Waals surface area contributed by atoms with Crippen molar-refractivity contribution in [2.45, 2.75) is 19.8 Å². The molecule has 6 heteroatoms. The van der Waals surface area contributed by atoms with E-state index in [4.69, 9.17) is 0 Å². The topological polar surface area (TPSA) is 58.1 Å². The molecule has 1 amide bonds. The zero-order valence-corrected chi connectivity index (χ0v) is 11.0. The van der Waals surface area contributed by atoms with Crippen LogP contribution in [0.3, 0.4) is 0 Å². The Hall–Kier alpha value is -1.01. The van der Waals surface area contributed by atoms with Crippen molar-refractivity contribution in [3.8, 4) is 0 Å². The third-order valence-electron chi connectivity index (χ3n) is 2.30. The molecule has 0 aromatic carbocycles. The first-order chi connectivity index (χ1) is 7.57. The normalized spacial score (nSPS) is 10.8. The van der Waals surface area contributed by atoms with Crippen LogP contribution in [0.1, 0.15) is 35.1 Å². The van der Waals surface area contributed by atoms with Crippen LogP contribution in [0, 0.1) is 0 Å². The summed E-state index contributed by atoms with van der Waals surface area (Å²) in [6.45, 7) is 5.50. The van der Waals surface area contributed by atoms with E-state index in [9.17, 15) is 4.79 Å². The van der Waals surface area contributed by atoms with Crippen LogP contribution in [-0.2, 0) is 0 Å². The number of nitrogens with zero attached hydrogens (tertiary/aromatic N) is 3. The molecule has 1 N–H and O–H groups in total. The lowest BCUT2D eigenvalue weighted by Gasteiger charge is -2.16. The first-order valence-electron chi connectivity index (χ1n) is 5.30. The minimum Gasteiger partial charge on any atom is -0.340 e. The van der Waals surface area contributed by atoms with E-state index < -0.39 is 0 Å². The molecular weight excluding hydrogens is 224 g/mol. The Balaban J connectivity index is 2.75. The molecule has 1 heterocycles. The van der Waals surface area contributed by atoms with Crippen LogP contribution in [0.15, 0.2) is 0 Å². The minimum atomic E-state index is 0.00829. The van der Waals surface area contributed by atoms with Gasteiger partial charge in [0.25, 0.3) is 5.91 Å². The Labute approximate surface area is 100 Å². The Kier molecular flexibility index (Phi) is 4.82. The van der Waals surface area contributed by atoms with E-state index in [1.807, 2.05) is 20.9 Å². The number of carbonyl (C=O) groups is 1. The summed E-state index contributed by atoms with van der Waals surface area (Å²) in [7, 11) is 3.66. The number of rotatable bonds is 5. The molecule has 0 aliphatic heterocycles. The second-order valence-electron chi connectivity index (χ2n) is 3.97. The zero-order valence-electron chi connectivity index (χ0n) is 10.1. The fraction of sp³-hybridized carbons (Fsp3) is 0.700. The van der Waals surface area contributed by atoms with Gasteiger partial charge in [-0.05, 0) is 24.5 Å². The second kappa shape index (κ2) is 5.91. The Morgan fingerprint density at radius 3 is 2.81 bits per heavy atom. The van der Waals surface area contributed by atoms with Gasteiger partial charge in [-0.3, -0.25) is 4.79 Å². The lowest BCUT2D eigenvalue weighted by molar-refractivity contribution is 0.0800. The maximum Gasteiger partial charge on any atom is 0.267 e. The van der Waals surface area contributed by atoms with E-state index >= 15 is 0 Å². The number of amides is 1. The largest absolute Gasteiger partial charge is 0.340 e. The van der Waals surface area contributed by atoms with Crippen LogP contribution >= 0.6 is 11.5 Å². The van der Waals surface area contributed by atoms with E-state index in [0.29, 0.717) is 11.4 Å². The van der Waals surface area contributed by atoms with Crippen molar-refractivity contribution < 1.29 is 4.79 Å². The monoisotopic (exact) mass is 242 g/mol. The van der Waals surface area contributed by atoms with E-state index in [1.165, 1.54) is 11.5 Å².